The molecule has 0 aliphatic heterocycles. The quantitative estimate of drug-likeness (QED) is 0.742. The van der Waals surface area contributed by atoms with Crippen molar-refractivity contribution in [3.05, 3.63) is 41.5 Å². The normalized spacial score (nSPS) is 15.2. The first-order valence-electron chi connectivity index (χ1n) is 8.47. The van der Waals surface area contributed by atoms with Gasteiger partial charge in [0.15, 0.2) is 0 Å². The van der Waals surface area contributed by atoms with Crippen LogP contribution in [0.25, 0.3) is 0 Å². The molecule has 0 fully saturated rings. The standard InChI is InChI=1S/C18H26N2O3S/c1-14(2)20-18(21)16-9-6-10-17(13-16)24(22,23)19-12-11-15-7-4-3-5-8-15/h6-7,9-10,13-14,19H,3-5,8,11-12H2,1-2H3,(H,20,21). The highest BCUT2D eigenvalue weighted by Gasteiger charge is 2.16. The largest absolute Gasteiger partial charge is 0.350 e. The first kappa shape index (κ1) is 18.7. The molecule has 0 unspecified atom stereocenters. The molecule has 1 aromatic carbocycles. The maximum atomic E-state index is 12.4. The van der Waals surface area contributed by atoms with Crippen LogP contribution in [0.1, 0.15) is 56.3 Å². The Bertz CT molecular complexity index is 709. The van der Waals surface area contributed by atoms with Crippen molar-refractivity contribution < 1.29 is 13.2 Å². The number of carbonyl (C=O) groups excluding carboxylic acids is 1. The smallest absolute Gasteiger partial charge is 0.251 e. The Labute approximate surface area is 144 Å². The summed E-state index contributed by atoms with van der Waals surface area (Å²) in [5.74, 6) is -0.269. The highest BCUT2D eigenvalue weighted by atomic mass is 32.2. The van der Waals surface area contributed by atoms with Crippen LogP contribution in [-0.4, -0.2) is 26.9 Å². The summed E-state index contributed by atoms with van der Waals surface area (Å²) in [5.41, 5.74) is 1.68. The second-order valence-electron chi connectivity index (χ2n) is 6.41. The Morgan fingerprint density at radius 2 is 2.04 bits per heavy atom. The molecule has 1 aliphatic carbocycles. The van der Waals surface area contributed by atoms with E-state index >= 15 is 0 Å². The minimum absolute atomic E-state index is 0.000318. The van der Waals surface area contributed by atoms with Crippen LogP contribution < -0.4 is 10.0 Å². The monoisotopic (exact) mass is 350 g/mol. The number of sulfonamides is 1. The molecule has 5 nitrogen and oxygen atoms in total. The van der Waals surface area contributed by atoms with E-state index in [1.807, 2.05) is 13.8 Å². The van der Waals surface area contributed by atoms with Gasteiger partial charge >= 0.3 is 0 Å². The summed E-state index contributed by atoms with van der Waals surface area (Å²) >= 11 is 0. The Balaban J connectivity index is 2.00. The third-order valence-corrected chi connectivity index (χ3v) is 5.41. The van der Waals surface area contributed by atoms with Crippen LogP contribution in [0.4, 0.5) is 0 Å². The minimum atomic E-state index is -3.60. The van der Waals surface area contributed by atoms with E-state index in [0.717, 1.165) is 19.3 Å². The van der Waals surface area contributed by atoms with Crippen molar-refractivity contribution in [2.24, 2.45) is 0 Å². The summed E-state index contributed by atoms with van der Waals surface area (Å²) in [7, 11) is -3.60. The van der Waals surface area contributed by atoms with E-state index in [9.17, 15) is 13.2 Å². The zero-order valence-electron chi connectivity index (χ0n) is 14.3. The number of rotatable bonds is 7. The molecule has 2 rings (SSSR count). The van der Waals surface area contributed by atoms with Gasteiger partial charge in [0.05, 0.1) is 4.90 Å². The first-order valence-corrected chi connectivity index (χ1v) is 9.95. The SMILES string of the molecule is CC(C)NC(=O)c1cccc(S(=O)(=O)NCCC2=CCCCC2)c1. The van der Waals surface area contributed by atoms with Gasteiger partial charge in [-0.1, -0.05) is 17.7 Å². The van der Waals surface area contributed by atoms with Gasteiger partial charge in [-0.05, 0) is 64.2 Å². The zero-order valence-corrected chi connectivity index (χ0v) is 15.2. The highest BCUT2D eigenvalue weighted by Crippen LogP contribution is 2.20. The molecular weight excluding hydrogens is 324 g/mol. The van der Waals surface area contributed by atoms with E-state index in [2.05, 4.69) is 16.1 Å². The molecule has 0 aromatic heterocycles. The van der Waals surface area contributed by atoms with E-state index in [0.29, 0.717) is 12.1 Å². The van der Waals surface area contributed by atoms with Gasteiger partial charge in [0, 0.05) is 18.2 Å². The van der Waals surface area contributed by atoms with Crippen LogP contribution in [0.2, 0.25) is 0 Å². The van der Waals surface area contributed by atoms with Crippen molar-refractivity contribution >= 4 is 15.9 Å². The maximum absolute atomic E-state index is 12.4. The molecule has 0 atom stereocenters. The van der Waals surface area contributed by atoms with Crippen LogP contribution in [0.5, 0.6) is 0 Å². The molecule has 1 aromatic rings. The number of benzene rings is 1. The molecule has 6 heteroatoms. The lowest BCUT2D eigenvalue weighted by molar-refractivity contribution is 0.0943. The van der Waals surface area contributed by atoms with Crippen molar-refractivity contribution in [2.45, 2.75) is 56.9 Å². The highest BCUT2D eigenvalue weighted by molar-refractivity contribution is 7.89. The van der Waals surface area contributed by atoms with Crippen LogP contribution >= 0.6 is 0 Å². The van der Waals surface area contributed by atoms with Crippen molar-refractivity contribution in [3.63, 3.8) is 0 Å². The average Bonchev–Trinajstić information content (AvgIpc) is 2.55. The first-order chi connectivity index (χ1) is 11.4. The lowest BCUT2D eigenvalue weighted by Gasteiger charge is -2.13. The van der Waals surface area contributed by atoms with Gasteiger partial charge in [0.1, 0.15) is 0 Å². The van der Waals surface area contributed by atoms with E-state index in [1.54, 1.807) is 12.1 Å². The van der Waals surface area contributed by atoms with Gasteiger partial charge in [-0.25, -0.2) is 13.1 Å². The predicted molar refractivity (Wildman–Crippen MR) is 95.4 cm³/mol. The molecule has 0 saturated carbocycles. The number of carbonyl (C=O) groups is 1. The van der Waals surface area contributed by atoms with E-state index in [4.69, 9.17) is 0 Å². The molecule has 0 saturated heterocycles. The average molecular weight is 350 g/mol. The molecule has 0 spiro atoms. The molecule has 24 heavy (non-hydrogen) atoms. The van der Waals surface area contributed by atoms with Gasteiger partial charge in [0.25, 0.3) is 5.91 Å². The third-order valence-electron chi connectivity index (χ3n) is 3.95. The summed E-state index contributed by atoms with van der Waals surface area (Å²) in [6, 6.07) is 6.13. The molecule has 0 bridgehead atoms. The lowest BCUT2D eigenvalue weighted by Crippen LogP contribution is -2.30. The second kappa shape index (κ2) is 8.44. The van der Waals surface area contributed by atoms with E-state index in [-0.39, 0.29) is 16.8 Å². The topological polar surface area (TPSA) is 75.3 Å². The summed E-state index contributed by atoms with van der Waals surface area (Å²) in [6.45, 7) is 4.11. The fourth-order valence-corrected chi connectivity index (χ4v) is 3.79. The van der Waals surface area contributed by atoms with Gasteiger partial charge < -0.3 is 5.32 Å². The van der Waals surface area contributed by atoms with Crippen LogP contribution in [0.15, 0.2) is 40.8 Å². The van der Waals surface area contributed by atoms with Gasteiger partial charge in [-0.3, -0.25) is 4.79 Å². The molecule has 2 N–H and O–H groups in total. The number of nitrogens with one attached hydrogen (secondary N) is 2. The molecular formula is C18H26N2O3S. The summed E-state index contributed by atoms with van der Waals surface area (Å²) in [5, 5.41) is 2.76. The number of amides is 1. The summed E-state index contributed by atoms with van der Waals surface area (Å²) in [4.78, 5) is 12.1. The predicted octanol–water partition coefficient (Wildman–Crippen LogP) is 2.99. The van der Waals surface area contributed by atoms with Crippen molar-refractivity contribution in [3.8, 4) is 0 Å². The molecule has 1 amide bonds. The Morgan fingerprint density at radius 1 is 1.25 bits per heavy atom. The van der Waals surface area contributed by atoms with Crippen molar-refractivity contribution in [1.82, 2.24) is 10.0 Å². The van der Waals surface area contributed by atoms with Gasteiger partial charge in [-0.15, -0.1) is 0 Å². The van der Waals surface area contributed by atoms with Crippen LogP contribution in [-0.2, 0) is 10.0 Å². The van der Waals surface area contributed by atoms with Crippen LogP contribution in [0.3, 0.4) is 0 Å². The molecule has 1 aliphatic rings. The minimum Gasteiger partial charge on any atom is -0.350 e. The van der Waals surface area contributed by atoms with E-state index in [1.165, 1.54) is 30.5 Å². The van der Waals surface area contributed by atoms with Crippen molar-refractivity contribution in [2.75, 3.05) is 6.54 Å². The number of hydrogen-bond donors (Lipinski definition) is 2. The summed E-state index contributed by atoms with van der Waals surface area (Å²) < 4.78 is 27.4. The Morgan fingerprint density at radius 3 is 2.71 bits per heavy atom. The van der Waals surface area contributed by atoms with Crippen molar-refractivity contribution in [1.29, 1.82) is 0 Å². The van der Waals surface area contributed by atoms with Gasteiger partial charge in [0.2, 0.25) is 10.0 Å². The van der Waals surface area contributed by atoms with Crippen LogP contribution in [0, 0.1) is 0 Å². The third kappa shape index (κ3) is 5.46. The Kier molecular flexibility index (Phi) is 6.57. The maximum Gasteiger partial charge on any atom is 0.251 e. The number of allylic oxidation sites excluding steroid dienone is 1. The summed E-state index contributed by atoms with van der Waals surface area (Å²) in [6.07, 6.45) is 7.52. The Hall–Kier alpha value is -1.66. The zero-order chi connectivity index (χ0) is 17.6. The second-order valence-corrected chi connectivity index (χ2v) is 8.18. The fourth-order valence-electron chi connectivity index (χ4n) is 2.71. The molecule has 0 radical (unpaired) electrons. The van der Waals surface area contributed by atoms with Gasteiger partial charge in [-0.2, -0.15) is 0 Å². The fraction of sp³-hybridized carbons (Fsp3) is 0.500. The lowest BCUT2D eigenvalue weighted by atomic mass is 9.97. The molecule has 0 heterocycles. The number of hydrogen-bond acceptors (Lipinski definition) is 3. The molecule has 132 valence electrons. The van der Waals surface area contributed by atoms with E-state index < -0.39 is 10.0 Å².